The smallest absolute Gasteiger partial charge is 0.389 e. The number of phosphoric ester groups is 1. The van der Waals surface area contributed by atoms with Crippen molar-refractivity contribution in [1.82, 2.24) is 5.32 Å². The van der Waals surface area contributed by atoms with Gasteiger partial charge in [0, 0.05) is 13.0 Å². The maximum atomic E-state index is 11.7. The Morgan fingerprint density at radius 3 is 1.45 bits per heavy atom. The van der Waals surface area contributed by atoms with Gasteiger partial charge in [-0.05, 0) is 6.42 Å². The molecule has 1 atom stereocenters. The highest BCUT2D eigenvalue weighted by Crippen LogP contribution is 2.35. The summed E-state index contributed by atoms with van der Waals surface area (Å²) in [5, 5.41) is 12.1. The maximum absolute atomic E-state index is 11.7. The van der Waals surface area contributed by atoms with E-state index in [0.717, 1.165) is 19.3 Å². The van der Waals surface area contributed by atoms with Crippen LogP contribution in [0.5, 0.6) is 0 Å². The summed E-state index contributed by atoms with van der Waals surface area (Å²) in [6, 6.07) is 0. The summed E-state index contributed by atoms with van der Waals surface area (Å²) < 4.78 is 14.7. The fourth-order valence-corrected chi connectivity index (χ4v) is 4.29. The van der Waals surface area contributed by atoms with Crippen LogP contribution in [-0.2, 0) is 13.9 Å². The van der Waals surface area contributed by atoms with Crippen LogP contribution in [0.4, 0.5) is 0 Å². The van der Waals surface area contributed by atoms with Gasteiger partial charge >= 0.3 is 7.82 Å². The first-order valence-corrected chi connectivity index (χ1v) is 15.0. The topological polar surface area (TPSA) is 116 Å². The first-order valence-electron chi connectivity index (χ1n) is 13.5. The zero-order chi connectivity index (χ0) is 24.6. The zero-order valence-corrected chi connectivity index (χ0v) is 22.0. The van der Waals surface area contributed by atoms with Crippen LogP contribution in [-0.4, -0.2) is 40.1 Å². The van der Waals surface area contributed by atoms with Crippen LogP contribution < -0.4 is 5.32 Å². The predicted octanol–water partition coefficient (Wildman–Crippen LogP) is 6.39. The second-order valence-electron chi connectivity index (χ2n) is 9.36. The fourth-order valence-electron chi connectivity index (χ4n) is 3.93. The molecule has 0 aromatic heterocycles. The van der Waals surface area contributed by atoms with Crippen molar-refractivity contribution < 1.29 is 28.8 Å². The van der Waals surface area contributed by atoms with Crippen molar-refractivity contribution in [3.63, 3.8) is 0 Å². The molecule has 33 heavy (non-hydrogen) atoms. The number of amides is 1. The van der Waals surface area contributed by atoms with Gasteiger partial charge in [0.15, 0.2) is 0 Å². The van der Waals surface area contributed by atoms with Gasteiger partial charge in [-0.25, -0.2) is 4.57 Å². The molecular weight excluding hydrogens is 441 g/mol. The number of hydrogen-bond donors (Lipinski definition) is 4. The van der Waals surface area contributed by atoms with Crippen molar-refractivity contribution in [2.24, 2.45) is 0 Å². The third kappa shape index (κ3) is 27.7. The number of rotatable bonds is 25. The standard InChI is InChI=1S/C25H52NO6P/c1-2-3-4-5-6-7-8-9-10-11-12-13-14-15-16-17-18-19-20-21-25(28)26-22-24(27)23-32-33(29,30)31/h24,27H,2-23H2,1H3,(H,26,28)(H2,29,30,31). The number of carbonyl (C=O) groups excluding carboxylic acids is 1. The molecule has 0 radical (unpaired) electrons. The van der Waals surface area contributed by atoms with E-state index in [4.69, 9.17) is 9.79 Å². The van der Waals surface area contributed by atoms with Crippen molar-refractivity contribution in [3.8, 4) is 0 Å². The summed E-state index contributed by atoms with van der Waals surface area (Å²) >= 11 is 0. The molecule has 0 saturated heterocycles. The van der Waals surface area contributed by atoms with E-state index < -0.39 is 20.5 Å². The number of carbonyl (C=O) groups is 1. The molecule has 0 aliphatic rings. The Kier molecular flexibility index (Phi) is 23.0. The summed E-state index contributed by atoms with van der Waals surface area (Å²) in [5.74, 6) is -0.155. The maximum Gasteiger partial charge on any atom is 0.469 e. The molecule has 1 unspecified atom stereocenters. The molecule has 0 aromatic rings. The van der Waals surface area contributed by atoms with Crippen LogP contribution in [0.3, 0.4) is 0 Å². The Balaban J connectivity index is 3.24. The number of aliphatic hydroxyl groups excluding tert-OH is 1. The summed E-state index contributed by atoms with van der Waals surface area (Å²) in [6.45, 7) is 1.69. The summed E-state index contributed by atoms with van der Waals surface area (Å²) in [7, 11) is -4.59. The van der Waals surface area contributed by atoms with Crippen molar-refractivity contribution in [3.05, 3.63) is 0 Å². The summed E-state index contributed by atoms with van der Waals surface area (Å²) in [5.41, 5.74) is 0. The van der Waals surface area contributed by atoms with E-state index in [1.807, 2.05) is 0 Å². The molecule has 7 nitrogen and oxygen atoms in total. The Labute approximate surface area is 202 Å². The van der Waals surface area contributed by atoms with E-state index >= 15 is 0 Å². The van der Waals surface area contributed by atoms with Gasteiger partial charge in [-0.15, -0.1) is 0 Å². The van der Waals surface area contributed by atoms with Crippen LogP contribution in [0, 0.1) is 0 Å². The molecule has 0 aliphatic heterocycles. The van der Waals surface area contributed by atoms with Gasteiger partial charge < -0.3 is 20.2 Å². The second kappa shape index (κ2) is 23.3. The lowest BCUT2D eigenvalue weighted by atomic mass is 10.0. The minimum absolute atomic E-state index is 0.0715. The lowest BCUT2D eigenvalue weighted by Crippen LogP contribution is -2.34. The van der Waals surface area contributed by atoms with E-state index in [1.54, 1.807) is 0 Å². The minimum Gasteiger partial charge on any atom is -0.389 e. The molecule has 0 aliphatic carbocycles. The molecule has 0 bridgehead atoms. The highest BCUT2D eigenvalue weighted by molar-refractivity contribution is 7.46. The SMILES string of the molecule is CCCCCCCCCCCCCCCCCCCCCC(=O)NCC(O)COP(=O)(O)O. The summed E-state index contributed by atoms with van der Waals surface area (Å²) in [4.78, 5) is 28.8. The third-order valence-electron chi connectivity index (χ3n) is 5.98. The molecule has 0 saturated carbocycles. The Hall–Kier alpha value is -0.460. The van der Waals surface area contributed by atoms with Gasteiger partial charge in [0.05, 0.1) is 12.7 Å². The molecule has 0 heterocycles. The van der Waals surface area contributed by atoms with Crippen LogP contribution >= 0.6 is 7.82 Å². The quantitative estimate of drug-likeness (QED) is 0.0864. The number of nitrogens with one attached hydrogen (secondary N) is 1. The molecule has 198 valence electrons. The predicted molar refractivity (Wildman–Crippen MR) is 135 cm³/mol. The largest absolute Gasteiger partial charge is 0.469 e. The molecule has 0 aromatic carbocycles. The minimum atomic E-state index is -4.59. The van der Waals surface area contributed by atoms with Gasteiger partial charge in [-0.3, -0.25) is 9.32 Å². The van der Waals surface area contributed by atoms with Crippen molar-refractivity contribution in [1.29, 1.82) is 0 Å². The average molecular weight is 494 g/mol. The average Bonchev–Trinajstić information content (AvgIpc) is 2.77. The monoisotopic (exact) mass is 493 g/mol. The number of aliphatic hydroxyl groups is 1. The van der Waals surface area contributed by atoms with Gasteiger partial charge in [0.1, 0.15) is 0 Å². The molecular formula is C25H52NO6P. The lowest BCUT2D eigenvalue weighted by molar-refractivity contribution is -0.121. The van der Waals surface area contributed by atoms with Gasteiger partial charge in [-0.2, -0.15) is 0 Å². The Morgan fingerprint density at radius 2 is 1.09 bits per heavy atom. The van der Waals surface area contributed by atoms with E-state index in [9.17, 15) is 14.5 Å². The third-order valence-corrected chi connectivity index (χ3v) is 6.46. The van der Waals surface area contributed by atoms with Crippen molar-refractivity contribution in [2.45, 2.75) is 141 Å². The zero-order valence-electron chi connectivity index (χ0n) is 21.1. The van der Waals surface area contributed by atoms with E-state index in [0.29, 0.717) is 6.42 Å². The molecule has 1 amide bonds. The Bertz CT molecular complexity index is 486. The number of hydrogen-bond acceptors (Lipinski definition) is 4. The van der Waals surface area contributed by atoms with Crippen LogP contribution in [0.15, 0.2) is 0 Å². The van der Waals surface area contributed by atoms with Crippen LogP contribution in [0.25, 0.3) is 0 Å². The van der Waals surface area contributed by atoms with Crippen molar-refractivity contribution in [2.75, 3.05) is 13.2 Å². The fraction of sp³-hybridized carbons (Fsp3) is 0.960. The number of phosphoric acid groups is 1. The van der Waals surface area contributed by atoms with Gasteiger partial charge in [-0.1, -0.05) is 122 Å². The molecule has 4 N–H and O–H groups in total. The first-order chi connectivity index (χ1) is 15.8. The molecule has 0 fully saturated rings. The number of unbranched alkanes of at least 4 members (excludes halogenated alkanes) is 18. The highest BCUT2D eigenvalue weighted by atomic mass is 31.2. The van der Waals surface area contributed by atoms with Crippen LogP contribution in [0.1, 0.15) is 135 Å². The first kappa shape index (κ1) is 32.5. The molecule has 0 spiro atoms. The van der Waals surface area contributed by atoms with E-state index in [-0.39, 0.29) is 12.5 Å². The second-order valence-corrected chi connectivity index (χ2v) is 10.6. The summed E-state index contributed by atoms with van der Waals surface area (Å²) in [6.07, 6.45) is 24.2. The van der Waals surface area contributed by atoms with Crippen LogP contribution in [0.2, 0.25) is 0 Å². The van der Waals surface area contributed by atoms with Gasteiger partial charge in [0.2, 0.25) is 5.91 Å². The highest BCUT2D eigenvalue weighted by Gasteiger charge is 2.17. The van der Waals surface area contributed by atoms with E-state index in [2.05, 4.69) is 16.8 Å². The lowest BCUT2D eigenvalue weighted by Gasteiger charge is -2.12. The van der Waals surface area contributed by atoms with Crippen molar-refractivity contribution >= 4 is 13.7 Å². The van der Waals surface area contributed by atoms with E-state index in [1.165, 1.54) is 103 Å². The normalized spacial score (nSPS) is 12.7. The van der Waals surface area contributed by atoms with Gasteiger partial charge in [0.25, 0.3) is 0 Å². The molecule has 8 heteroatoms. The Morgan fingerprint density at radius 1 is 0.727 bits per heavy atom. The molecule has 0 rings (SSSR count).